The van der Waals surface area contributed by atoms with Crippen LogP contribution in [0.1, 0.15) is 68.8 Å². The zero-order valence-electron chi connectivity index (χ0n) is 41.6. The van der Waals surface area contributed by atoms with Gasteiger partial charge in [0, 0.05) is 24.2 Å². The van der Waals surface area contributed by atoms with Crippen molar-refractivity contribution in [3.05, 3.63) is 105 Å². The molecule has 6 N–H and O–H groups in total. The molecule has 3 fully saturated rings. The number of aromatic amines is 1. The van der Waals surface area contributed by atoms with Gasteiger partial charge in [0.05, 0.1) is 38.5 Å². The zero-order chi connectivity index (χ0) is 53.5. The molecule has 75 heavy (non-hydrogen) atoms. The van der Waals surface area contributed by atoms with Crippen molar-refractivity contribution >= 4 is 56.5 Å². The maximum Gasteiger partial charge on any atom is 0.352 e. The number of aliphatic hydroxyl groups is 1. The molecule has 0 radical (unpaired) electrons. The lowest BCUT2D eigenvalue weighted by Gasteiger charge is -2.39. The van der Waals surface area contributed by atoms with Crippen LogP contribution >= 0.6 is 45.3 Å². The molecule has 2 bridgehead atoms. The molecule has 400 valence electrons. The minimum Gasteiger partial charge on any atom is -0.390 e. The Morgan fingerprint density at radius 2 is 1.31 bits per heavy atom. The van der Waals surface area contributed by atoms with Crippen molar-refractivity contribution in [1.82, 2.24) is 94.6 Å². The number of nitrogens with one attached hydrogen (secondary N) is 3. The number of halogens is 1. The Morgan fingerprint density at radius 1 is 0.773 bits per heavy atom. The molecular weight excluding hydrogens is 1060 g/mol. The third kappa shape index (κ3) is 13.8. The van der Waals surface area contributed by atoms with E-state index in [0.29, 0.717) is 75.3 Å². The van der Waals surface area contributed by atoms with E-state index in [9.17, 15) is 28.7 Å². The van der Waals surface area contributed by atoms with Crippen molar-refractivity contribution in [3.8, 4) is 15.4 Å². The lowest BCUT2D eigenvalue weighted by Crippen LogP contribution is -2.49. The van der Waals surface area contributed by atoms with E-state index in [1.165, 1.54) is 74.5 Å². The minimum absolute atomic E-state index is 0.0850. The standard InChI is InChI=1S/C23H29FN6O3S.C9H11N5O2S.C6H7N5OS.C4H7N5OS/c1-14-27-29(23(32)30(14)22-26-25-15(2)34-22)12-19(31)11-28-17-7-8-18(28)10-20(9-17)33-13-16-5-3-4-6-21(16)24;1-5-12-13(3-7-4-16-7)9(15)14(5)8-11-10-6(2)17-8;1-3-7-9-5(12)11(3)6-10-8-4(2)13-6;1-2-8-9-4(11-2)6-3(10)7-5/h3-6,17-20,31H,7-13H2,1-2H3;7H,3-4H2,1-2H3;1-2H3,(H,9,12);5H2,1H3,(H2,6,7,9,10). The Hall–Kier alpha value is -6.72. The number of fused-ring (bicyclic) bond motifs is 2. The predicted octanol–water partition coefficient (Wildman–Crippen LogP) is 1.99. The highest BCUT2D eigenvalue weighted by Gasteiger charge is 2.42. The molecule has 2 amide bonds. The van der Waals surface area contributed by atoms with Gasteiger partial charge in [0.1, 0.15) is 49.4 Å². The van der Waals surface area contributed by atoms with Gasteiger partial charge in [0.25, 0.3) is 0 Å². The Bertz CT molecular complexity index is 3370. The molecule has 10 heterocycles. The third-order valence-corrected chi connectivity index (χ3v) is 14.9. The molecular formula is C42H54FN21O7S4. The Morgan fingerprint density at radius 3 is 1.80 bits per heavy atom. The summed E-state index contributed by atoms with van der Waals surface area (Å²) in [6, 6.07) is 6.85. The summed E-state index contributed by atoms with van der Waals surface area (Å²) in [6.07, 6.45) is 3.33. The number of epoxide rings is 1. The number of carbonyl (C=O) groups is 1. The van der Waals surface area contributed by atoms with Gasteiger partial charge in [-0.3, -0.25) is 15.6 Å². The number of hydrogen-bond acceptors (Lipinski definition) is 24. The summed E-state index contributed by atoms with van der Waals surface area (Å²) in [6.45, 7) is 14.6. The van der Waals surface area contributed by atoms with Crippen molar-refractivity contribution < 1.29 is 23.8 Å². The second kappa shape index (κ2) is 24.3. The fourth-order valence-electron chi connectivity index (χ4n) is 8.27. The van der Waals surface area contributed by atoms with Gasteiger partial charge in [-0.05, 0) is 80.2 Å². The summed E-state index contributed by atoms with van der Waals surface area (Å²) in [5.74, 6) is 6.30. The van der Waals surface area contributed by atoms with Gasteiger partial charge in [-0.25, -0.2) is 57.6 Å². The molecule has 7 aromatic heterocycles. The minimum atomic E-state index is -0.726. The van der Waals surface area contributed by atoms with Crippen LogP contribution in [0.25, 0.3) is 15.4 Å². The maximum atomic E-state index is 13.9. The number of nitrogens with two attached hydrogens (primary N) is 1. The van der Waals surface area contributed by atoms with Crippen molar-refractivity contribution in [1.29, 1.82) is 0 Å². The van der Waals surface area contributed by atoms with Gasteiger partial charge in [-0.15, -0.1) is 40.8 Å². The highest BCUT2D eigenvalue weighted by atomic mass is 32.1. The number of rotatable bonds is 13. The van der Waals surface area contributed by atoms with Crippen LogP contribution in [0.5, 0.6) is 0 Å². The first-order chi connectivity index (χ1) is 35.9. The molecule has 33 heteroatoms. The van der Waals surface area contributed by atoms with Crippen molar-refractivity contribution in [2.45, 2.75) is 124 Å². The van der Waals surface area contributed by atoms with Gasteiger partial charge in [-0.2, -0.15) is 15.3 Å². The van der Waals surface area contributed by atoms with E-state index in [0.717, 1.165) is 45.7 Å². The molecule has 4 unspecified atom stereocenters. The average Bonchev–Trinajstić information content (AvgIpc) is 4.06. The number of hydrogen-bond donors (Lipinski definition) is 5. The second-order valence-electron chi connectivity index (χ2n) is 17.3. The van der Waals surface area contributed by atoms with E-state index < -0.39 is 12.1 Å². The first-order valence-electron chi connectivity index (χ1n) is 23.3. The zero-order valence-corrected chi connectivity index (χ0v) is 44.9. The third-order valence-electron chi connectivity index (χ3n) is 11.7. The Kier molecular flexibility index (Phi) is 17.7. The maximum absolute atomic E-state index is 13.9. The normalized spacial score (nSPS) is 18.1. The first kappa shape index (κ1) is 54.5. The van der Waals surface area contributed by atoms with Gasteiger partial charge < -0.3 is 14.6 Å². The number of anilines is 1. The van der Waals surface area contributed by atoms with Crippen LogP contribution in [-0.4, -0.2) is 144 Å². The van der Waals surface area contributed by atoms with Crippen molar-refractivity contribution in [3.63, 3.8) is 0 Å². The topological polar surface area (TPSA) is 346 Å². The molecule has 28 nitrogen and oxygen atoms in total. The molecule has 0 spiro atoms. The van der Waals surface area contributed by atoms with Crippen LogP contribution in [0, 0.1) is 54.3 Å². The van der Waals surface area contributed by atoms with Crippen LogP contribution in [0.4, 0.5) is 14.3 Å². The molecule has 3 aliphatic rings. The average molecular weight is 1110 g/mol. The fraction of sp³-hybridized carbons (Fsp3) is 0.500. The van der Waals surface area contributed by atoms with Gasteiger partial charge in [0.15, 0.2) is 0 Å². The van der Waals surface area contributed by atoms with E-state index in [1.54, 1.807) is 39.8 Å². The van der Waals surface area contributed by atoms with Crippen LogP contribution in [0.3, 0.4) is 0 Å². The lowest BCUT2D eigenvalue weighted by atomic mass is 9.99. The number of amides is 2. The summed E-state index contributed by atoms with van der Waals surface area (Å²) in [5.41, 5.74) is 1.70. The Labute approximate surface area is 441 Å². The molecule has 0 saturated carbocycles. The van der Waals surface area contributed by atoms with E-state index in [1.807, 2.05) is 32.3 Å². The van der Waals surface area contributed by atoms with Crippen molar-refractivity contribution in [2.75, 3.05) is 18.5 Å². The number of piperidine rings is 1. The molecule has 11 rings (SSSR count). The van der Waals surface area contributed by atoms with E-state index in [-0.39, 0.29) is 48.2 Å². The van der Waals surface area contributed by atoms with Crippen LogP contribution < -0.4 is 33.7 Å². The number of aromatic nitrogens is 17. The lowest BCUT2D eigenvalue weighted by molar-refractivity contribution is -0.0408. The number of aliphatic hydroxyl groups excluding tert-OH is 1. The van der Waals surface area contributed by atoms with Gasteiger partial charge in [0.2, 0.25) is 20.5 Å². The molecule has 0 aliphatic carbocycles. The SMILES string of the molecule is Cc1nnc(-n2c(C)n[nH]c2=O)s1.Cc1nnc(-n2c(C)nn(CC(O)CN3C4CCC3CC(OCc3ccccc3F)C4)c2=O)s1.Cc1nnc(-n2c(C)nn(CC3CO3)c2=O)s1.Cc1nnc(NC(=O)NN)s1. The smallest absolute Gasteiger partial charge is 0.352 e. The highest BCUT2D eigenvalue weighted by Crippen LogP contribution is 2.37. The van der Waals surface area contributed by atoms with Crippen LogP contribution in [0.2, 0.25) is 0 Å². The number of benzene rings is 1. The summed E-state index contributed by atoms with van der Waals surface area (Å²) in [4.78, 5) is 49.1. The van der Waals surface area contributed by atoms with E-state index >= 15 is 0 Å². The van der Waals surface area contributed by atoms with E-state index in [4.69, 9.17) is 15.3 Å². The number of hydrazine groups is 1. The summed E-state index contributed by atoms with van der Waals surface area (Å²) < 4.78 is 32.1. The quantitative estimate of drug-likeness (QED) is 0.0477. The number of nitrogens with zero attached hydrogens (tertiary/aromatic N) is 17. The fourth-order valence-corrected chi connectivity index (χ4v) is 11.0. The number of urea groups is 1. The first-order valence-corrected chi connectivity index (χ1v) is 26.6. The highest BCUT2D eigenvalue weighted by molar-refractivity contribution is 7.15. The number of carbonyl (C=O) groups excluding carboxylic acids is 1. The molecule has 1 aromatic carbocycles. The predicted molar refractivity (Wildman–Crippen MR) is 273 cm³/mol. The van der Waals surface area contributed by atoms with Gasteiger partial charge in [-0.1, -0.05) is 63.5 Å². The second-order valence-corrected chi connectivity index (χ2v) is 22.0. The summed E-state index contributed by atoms with van der Waals surface area (Å²) in [7, 11) is 0. The molecule has 3 saturated heterocycles. The number of ether oxygens (including phenoxy) is 2. The summed E-state index contributed by atoms with van der Waals surface area (Å²) in [5, 5.41) is 64.0. The number of H-pyrrole nitrogens is 1. The summed E-state index contributed by atoms with van der Waals surface area (Å²) >= 11 is 5.34. The molecule has 4 atom stereocenters. The number of aryl methyl sites for hydroxylation is 7. The van der Waals surface area contributed by atoms with Crippen molar-refractivity contribution in [2.24, 2.45) is 5.84 Å². The van der Waals surface area contributed by atoms with Crippen LogP contribution in [-0.2, 0) is 29.2 Å². The van der Waals surface area contributed by atoms with E-state index in [2.05, 4.69) is 71.4 Å². The van der Waals surface area contributed by atoms with Gasteiger partial charge >= 0.3 is 23.1 Å². The molecule has 8 aromatic rings. The molecule has 3 aliphatic heterocycles. The largest absolute Gasteiger partial charge is 0.390 e. The Balaban J connectivity index is 0.000000151. The van der Waals surface area contributed by atoms with Crippen LogP contribution in [0.15, 0.2) is 38.6 Å². The monoisotopic (exact) mass is 1110 g/mol.